The molecule has 0 amide bonds. The minimum Gasteiger partial charge on any atom is -0.495 e. The molecule has 16 heavy (non-hydrogen) atoms. The van der Waals surface area contributed by atoms with Crippen molar-refractivity contribution in [3.63, 3.8) is 0 Å². The second kappa shape index (κ2) is 4.63. The maximum absolute atomic E-state index is 5.59. The molecule has 0 aliphatic heterocycles. The third-order valence-electron chi connectivity index (χ3n) is 2.21. The third kappa shape index (κ3) is 1.94. The van der Waals surface area contributed by atoms with E-state index in [4.69, 9.17) is 10.5 Å². The maximum atomic E-state index is 5.59. The zero-order chi connectivity index (χ0) is 11.5. The molecule has 0 spiro atoms. The molecule has 0 unspecified atom stereocenters. The smallest absolute Gasteiger partial charge is 0.135 e. The van der Waals surface area contributed by atoms with Crippen molar-refractivity contribution in [1.29, 1.82) is 0 Å². The highest BCUT2D eigenvalue weighted by atomic mass is 79.9. The van der Waals surface area contributed by atoms with Gasteiger partial charge in [-0.25, -0.2) is 4.68 Å². The summed E-state index contributed by atoms with van der Waals surface area (Å²) in [6.07, 6.45) is 1.65. The molecule has 2 aromatic rings. The maximum Gasteiger partial charge on any atom is 0.135 e. The van der Waals surface area contributed by atoms with Crippen LogP contribution < -0.4 is 10.5 Å². The van der Waals surface area contributed by atoms with Gasteiger partial charge in [0.25, 0.3) is 0 Å². The van der Waals surface area contributed by atoms with Crippen LogP contribution >= 0.6 is 15.9 Å². The normalized spacial score (nSPS) is 10.4. The molecule has 0 aliphatic rings. The van der Waals surface area contributed by atoms with Crippen LogP contribution in [0.25, 0.3) is 5.69 Å². The Labute approximate surface area is 101 Å². The molecule has 5 nitrogen and oxygen atoms in total. The average molecular weight is 283 g/mol. The number of benzene rings is 1. The van der Waals surface area contributed by atoms with Crippen LogP contribution in [0.1, 0.15) is 5.69 Å². The van der Waals surface area contributed by atoms with Gasteiger partial charge in [0.2, 0.25) is 0 Å². The first-order valence-electron chi connectivity index (χ1n) is 4.70. The van der Waals surface area contributed by atoms with Crippen molar-refractivity contribution in [1.82, 2.24) is 15.0 Å². The molecule has 0 bridgehead atoms. The summed E-state index contributed by atoms with van der Waals surface area (Å²) in [6.45, 7) is 0.394. The van der Waals surface area contributed by atoms with Crippen molar-refractivity contribution in [2.24, 2.45) is 5.73 Å². The Kier molecular flexibility index (Phi) is 3.21. The molecule has 1 heterocycles. The summed E-state index contributed by atoms with van der Waals surface area (Å²) in [6, 6.07) is 5.69. The molecule has 0 saturated heterocycles. The van der Waals surface area contributed by atoms with E-state index in [1.807, 2.05) is 18.2 Å². The highest BCUT2D eigenvalue weighted by Crippen LogP contribution is 2.27. The molecule has 0 aliphatic carbocycles. The van der Waals surface area contributed by atoms with E-state index in [0.717, 1.165) is 21.6 Å². The van der Waals surface area contributed by atoms with E-state index in [2.05, 4.69) is 26.2 Å². The predicted octanol–water partition coefficient (Wildman–Crippen LogP) is 1.50. The average Bonchev–Trinajstić information content (AvgIpc) is 2.78. The van der Waals surface area contributed by atoms with Crippen molar-refractivity contribution in [3.8, 4) is 11.4 Å². The Hall–Kier alpha value is -1.40. The number of hydrogen-bond acceptors (Lipinski definition) is 4. The van der Waals surface area contributed by atoms with Gasteiger partial charge in [0.1, 0.15) is 5.75 Å². The van der Waals surface area contributed by atoms with Crippen LogP contribution in [0.2, 0.25) is 0 Å². The number of methoxy groups -OCH3 is 1. The minimum atomic E-state index is 0.394. The fourth-order valence-electron chi connectivity index (χ4n) is 1.39. The van der Waals surface area contributed by atoms with Gasteiger partial charge in [-0.05, 0) is 28.1 Å². The van der Waals surface area contributed by atoms with Crippen LogP contribution in [0.5, 0.6) is 5.75 Å². The number of halogens is 1. The third-order valence-corrected chi connectivity index (χ3v) is 2.86. The molecule has 1 aromatic carbocycles. The van der Waals surface area contributed by atoms with Crippen LogP contribution in [0, 0.1) is 0 Å². The van der Waals surface area contributed by atoms with E-state index in [1.165, 1.54) is 0 Å². The Morgan fingerprint density at radius 3 is 3.00 bits per heavy atom. The number of hydrogen-bond donors (Lipinski definition) is 1. The van der Waals surface area contributed by atoms with E-state index >= 15 is 0 Å². The molecule has 2 N–H and O–H groups in total. The van der Waals surface area contributed by atoms with Gasteiger partial charge in [-0.1, -0.05) is 5.21 Å². The van der Waals surface area contributed by atoms with Crippen molar-refractivity contribution in [2.45, 2.75) is 6.54 Å². The zero-order valence-corrected chi connectivity index (χ0v) is 10.3. The summed E-state index contributed by atoms with van der Waals surface area (Å²) >= 11 is 3.39. The van der Waals surface area contributed by atoms with Crippen molar-refractivity contribution >= 4 is 15.9 Å². The fourth-order valence-corrected chi connectivity index (χ4v) is 1.80. The molecule has 0 saturated carbocycles. The first kappa shape index (κ1) is 11.1. The molecule has 84 valence electrons. The zero-order valence-electron chi connectivity index (χ0n) is 8.72. The summed E-state index contributed by atoms with van der Waals surface area (Å²) in [4.78, 5) is 0. The topological polar surface area (TPSA) is 66.0 Å². The fraction of sp³-hybridized carbons (Fsp3) is 0.200. The molecule has 0 radical (unpaired) electrons. The highest BCUT2D eigenvalue weighted by molar-refractivity contribution is 9.10. The lowest BCUT2D eigenvalue weighted by molar-refractivity contribution is 0.411. The summed E-state index contributed by atoms with van der Waals surface area (Å²) in [7, 11) is 1.62. The SMILES string of the molecule is COc1cc(-n2nncc2CN)ccc1Br. The molecular formula is C10H11BrN4O. The van der Waals surface area contributed by atoms with E-state index < -0.39 is 0 Å². The second-order valence-corrected chi connectivity index (χ2v) is 4.01. The lowest BCUT2D eigenvalue weighted by atomic mass is 10.3. The predicted molar refractivity (Wildman–Crippen MR) is 63.5 cm³/mol. The lowest BCUT2D eigenvalue weighted by Crippen LogP contribution is -2.06. The number of ether oxygens (including phenoxy) is 1. The van der Waals surface area contributed by atoms with E-state index in [9.17, 15) is 0 Å². The van der Waals surface area contributed by atoms with Crippen molar-refractivity contribution in [2.75, 3.05) is 7.11 Å². The number of nitrogens with two attached hydrogens (primary N) is 1. The quantitative estimate of drug-likeness (QED) is 0.927. The van der Waals surface area contributed by atoms with Crippen LogP contribution in [0.4, 0.5) is 0 Å². The molecule has 0 atom stereocenters. The summed E-state index contributed by atoms with van der Waals surface area (Å²) in [5.41, 5.74) is 7.32. The summed E-state index contributed by atoms with van der Waals surface area (Å²) < 4.78 is 7.80. The van der Waals surface area contributed by atoms with Crippen LogP contribution in [-0.2, 0) is 6.54 Å². The lowest BCUT2D eigenvalue weighted by Gasteiger charge is -2.08. The van der Waals surface area contributed by atoms with Crippen LogP contribution in [0.3, 0.4) is 0 Å². The van der Waals surface area contributed by atoms with Gasteiger partial charge >= 0.3 is 0 Å². The monoisotopic (exact) mass is 282 g/mol. The number of rotatable bonds is 3. The van der Waals surface area contributed by atoms with Gasteiger partial charge < -0.3 is 10.5 Å². The molecule has 0 fully saturated rings. The molecule has 2 rings (SSSR count). The van der Waals surface area contributed by atoms with E-state index in [-0.39, 0.29) is 0 Å². The Balaban J connectivity index is 2.48. The first-order chi connectivity index (χ1) is 7.76. The van der Waals surface area contributed by atoms with Crippen molar-refractivity contribution in [3.05, 3.63) is 34.6 Å². The highest BCUT2D eigenvalue weighted by Gasteiger charge is 2.07. The minimum absolute atomic E-state index is 0.394. The summed E-state index contributed by atoms with van der Waals surface area (Å²) in [5, 5.41) is 7.81. The molecule has 6 heteroatoms. The van der Waals surface area contributed by atoms with Gasteiger partial charge in [-0.3, -0.25) is 0 Å². The molecular weight excluding hydrogens is 272 g/mol. The van der Waals surface area contributed by atoms with Gasteiger partial charge in [-0.15, -0.1) is 5.10 Å². The van der Waals surface area contributed by atoms with Crippen LogP contribution in [-0.4, -0.2) is 22.1 Å². The summed E-state index contributed by atoms with van der Waals surface area (Å²) in [5.74, 6) is 0.746. The Morgan fingerprint density at radius 2 is 2.31 bits per heavy atom. The Morgan fingerprint density at radius 1 is 1.50 bits per heavy atom. The largest absolute Gasteiger partial charge is 0.495 e. The van der Waals surface area contributed by atoms with E-state index in [1.54, 1.807) is 18.0 Å². The van der Waals surface area contributed by atoms with Gasteiger partial charge in [0.15, 0.2) is 0 Å². The standard InChI is InChI=1S/C10H11BrN4O/c1-16-10-4-7(2-3-9(10)11)15-8(5-12)6-13-14-15/h2-4,6H,5,12H2,1H3. The Bertz CT molecular complexity index is 497. The number of aromatic nitrogens is 3. The van der Waals surface area contributed by atoms with Crippen LogP contribution in [0.15, 0.2) is 28.9 Å². The van der Waals surface area contributed by atoms with Gasteiger partial charge in [0.05, 0.1) is 29.2 Å². The second-order valence-electron chi connectivity index (χ2n) is 3.16. The van der Waals surface area contributed by atoms with Gasteiger partial charge in [0, 0.05) is 12.6 Å². The number of nitrogens with zero attached hydrogens (tertiary/aromatic N) is 3. The van der Waals surface area contributed by atoms with Crippen molar-refractivity contribution < 1.29 is 4.74 Å². The molecule has 1 aromatic heterocycles. The van der Waals surface area contributed by atoms with E-state index in [0.29, 0.717) is 6.54 Å². The first-order valence-corrected chi connectivity index (χ1v) is 5.49. The van der Waals surface area contributed by atoms with Gasteiger partial charge in [-0.2, -0.15) is 0 Å².